The van der Waals surface area contributed by atoms with E-state index in [-0.39, 0.29) is 29.4 Å². The first-order valence-electron chi connectivity index (χ1n) is 10.7. The van der Waals surface area contributed by atoms with Gasteiger partial charge in [-0.05, 0) is 61.7 Å². The van der Waals surface area contributed by atoms with Gasteiger partial charge in [0.05, 0.1) is 12.3 Å². The Morgan fingerprint density at radius 1 is 1.06 bits per heavy atom. The summed E-state index contributed by atoms with van der Waals surface area (Å²) in [6.45, 7) is 4.55. The highest BCUT2D eigenvalue weighted by atomic mass is 32.2. The van der Waals surface area contributed by atoms with E-state index < -0.39 is 0 Å². The Balaban J connectivity index is 1.37. The van der Waals surface area contributed by atoms with Gasteiger partial charge in [0.2, 0.25) is 5.91 Å². The summed E-state index contributed by atoms with van der Waals surface area (Å²) in [7, 11) is 0. The van der Waals surface area contributed by atoms with Crippen molar-refractivity contribution in [2.45, 2.75) is 45.3 Å². The van der Waals surface area contributed by atoms with Crippen molar-refractivity contribution in [1.29, 1.82) is 0 Å². The minimum absolute atomic E-state index is 0.186. The molecule has 2 heterocycles. The van der Waals surface area contributed by atoms with Gasteiger partial charge in [-0.25, -0.2) is 0 Å². The summed E-state index contributed by atoms with van der Waals surface area (Å²) in [4.78, 5) is 40.1. The zero-order valence-corrected chi connectivity index (χ0v) is 18.5. The third kappa shape index (κ3) is 5.35. The molecule has 0 saturated carbocycles. The number of amides is 3. The number of hydrogen-bond donors (Lipinski definition) is 1. The average molecular weight is 438 g/mol. The van der Waals surface area contributed by atoms with Gasteiger partial charge in [0.15, 0.2) is 0 Å². The second kappa shape index (κ2) is 9.66. The molecule has 0 spiro atoms. The van der Waals surface area contributed by atoms with Gasteiger partial charge < -0.3 is 5.32 Å². The Morgan fingerprint density at radius 2 is 1.87 bits per heavy atom. The maximum Gasteiger partial charge on any atom is 0.289 e. The molecule has 2 aromatic carbocycles. The molecule has 0 radical (unpaired) electrons. The minimum atomic E-state index is -0.237. The molecule has 0 bridgehead atoms. The smallest absolute Gasteiger partial charge is 0.289 e. The van der Waals surface area contributed by atoms with Crippen LogP contribution in [-0.4, -0.2) is 45.2 Å². The van der Waals surface area contributed by atoms with Gasteiger partial charge in [0, 0.05) is 23.8 Å². The number of nitrogens with zero attached hydrogens (tertiary/aromatic N) is 2. The zero-order valence-electron chi connectivity index (χ0n) is 17.7. The number of piperidine rings is 1. The lowest BCUT2D eigenvalue weighted by molar-refractivity contribution is -0.125. The van der Waals surface area contributed by atoms with Gasteiger partial charge in [0.1, 0.15) is 0 Å². The number of anilines is 1. The van der Waals surface area contributed by atoms with Gasteiger partial charge >= 0.3 is 0 Å². The van der Waals surface area contributed by atoms with Crippen molar-refractivity contribution in [3.05, 3.63) is 65.2 Å². The summed E-state index contributed by atoms with van der Waals surface area (Å²) < 4.78 is 0. The van der Waals surface area contributed by atoms with Gasteiger partial charge in [-0.15, -0.1) is 0 Å². The lowest BCUT2D eigenvalue weighted by atomic mass is 10.0. The van der Waals surface area contributed by atoms with Gasteiger partial charge in [0.25, 0.3) is 11.1 Å². The van der Waals surface area contributed by atoms with E-state index in [4.69, 9.17) is 0 Å². The molecule has 3 amide bonds. The molecule has 0 aromatic heterocycles. The van der Waals surface area contributed by atoms with Crippen molar-refractivity contribution in [3.63, 3.8) is 0 Å². The van der Waals surface area contributed by atoms with Crippen LogP contribution in [0.3, 0.4) is 0 Å². The molecular weight excluding hydrogens is 410 g/mol. The second-order valence-electron chi connectivity index (χ2n) is 8.20. The largest absolute Gasteiger partial charge is 0.322 e. The third-order valence-electron chi connectivity index (χ3n) is 5.91. The van der Waals surface area contributed by atoms with Crippen LogP contribution >= 0.6 is 11.8 Å². The fraction of sp³-hybridized carbons (Fsp3) is 0.375. The van der Waals surface area contributed by atoms with Crippen LogP contribution in [0.1, 0.15) is 47.7 Å². The molecule has 1 unspecified atom stereocenters. The van der Waals surface area contributed by atoms with E-state index in [9.17, 15) is 14.4 Å². The molecule has 2 fully saturated rings. The number of hydrogen-bond acceptors (Lipinski definition) is 5. The maximum atomic E-state index is 12.7. The average Bonchev–Trinajstić information content (AvgIpc) is 3.09. The monoisotopic (exact) mass is 437 g/mol. The van der Waals surface area contributed by atoms with Crippen LogP contribution in [0.25, 0.3) is 0 Å². The summed E-state index contributed by atoms with van der Waals surface area (Å²) in [5.41, 5.74) is 3.23. The normalized spacial score (nSPS) is 19.6. The Bertz CT molecular complexity index is 960. The molecular formula is C24H27N3O3S. The first-order valence-corrected chi connectivity index (χ1v) is 11.7. The van der Waals surface area contributed by atoms with Crippen LogP contribution in [0, 0.1) is 0 Å². The fourth-order valence-electron chi connectivity index (χ4n) is 4.05. The van der Waals surface area contributed by atoms with Crippen molar-refractivity contribution in [2.24, 2.45) is 0 Å². The Kier molecular flexibility index (Phi) is 6.73. The Hall–Kier alpha value is -2.64. The lowest BCUT2D eigenvalue weighted by Gasteiger charge is -2.33. The molecule has 7 heteroatoms. The number of benzene rings is 2. The van der Waals surface area contributed by atoms with Crippen molar-refractivity contribution >= 4 is 34.5 Å². The summed E-state index contributed by atoms with van der Waals surface area (Å²) in [6, 6.07) is 15.7. The molecule has 1 atom stereocenters. The number of nitrogens with one attached hydrogen (secondary N) is 1. The predicted molar refractivity (Wildman–Crippen MR) is 123 cm³/mol. The quantitative estimate of drug-likeness (QED) is 0.720. The molecule has 0 aliphatic carbocycles. The first-order chi connectivity index (χ1) is 15.0. The zero-order chi connectivity index (χ0) is 21.8. The molecule has 1 N–H and O–H groups in total. The van der Waals surface area contributed by atoms with Crippen molar-refractivity contribution in [3.8, 4) is 0 Å². The third-order valence-corrected chi connectivity index (χ3v) is 6.77. The molecule has 2 aliphatic heterocycles. The molecule has 2 saturated heterocycles. The van der Waals surface area contributed by atoms with Crippen LogP contribution in [0.5, 0.6) is 0 Å². The number of carbonyl (C=O) groups excluding carboxylic acids is 3. The second-order valence-corrected chi connectivity index (χ2v) is 9.13. The van der Waals surface area contributed by atoms with Gasteiger partial charge in [-0.2, -0.15) is 0 Å². The molecule has 2 aliphatic rings. The Labute approximate surface area is 187 Å². The topological polar surface area (TPSA) is 69.7 Å². The number of rotatable bonds is 6. The van der Waals surface area contributed by atoms with E-state index >= 15 is 0 Å². The van der Waals surface area contributed by atoms with Gasteiger partial charge in [-0.1, -0.05) is 42.4 Å². The molecule has 162 valence electrons. The highest BCUT2D eigenvalue weighted by molar-refractivity contribution is 8.14. The SMILES string of the molecule is CC1CCCCN1Cc1ccc(NC(=O)c2cccc(CN3C(=O)CSC3=O)c2)cc1. The molecule has 6 nitrogen and oxygen atoms in total. The summed E-state index contributed by atoms with van der Waals surface area (Å²) in [6.07, 6.45) is 3.83. The molecule has 31 heavy (non-hydrogen) atoms. The highest BCUT2D eigenvalue weighted by Crippen LogP contribution is 2.22. The minimum Gasteiger partial charge on any atom is -0.322 e. The molecule has 4 rings (SSSR count). The predicted octanol–water partition coefficient (Wildman–Crippen LogP) is 4.51. The van der Waals surface area contributed by atoms with Gasteiger partial charge in [-0.3, -0.25) is 24.2 Å². The number of likely N-dealkylation sites (tertiary alicyclic amines) is 1. The number of carbonyl (C=O) groups is 3. The number of imide groups is 1. The van der Waals surface area contributed by atoms with Crippen LogP contribution in [0.15, 0.2) is 48.5 Å². The Morgan fingerprint density at radius 3 is 2.58 bits per heavy atom. The van der Waals surface area contributed by atoms with E-state index in [2.05, 4.69) is 29.3 Å². The van der Waals surface area contributed by atoms with Crippen molar-refractivity contribution < 1.29 is 14.4 Å². The summed E-state index contributed by atoms with van der Waals surface area (Å²) in [5.74, 6) is -0.220. The van der Waals surface area contributed by atoms with Crippen LogP contribution in [-0.2, 0) is 17.9 Å². The van der Waals surface area contributed by atoms with Crippen molar-refractivity contribution in [1.82, 2.24) is 9.80 Å². The van der Waals surface area contributed by atoms with E-state index in [1.807, 2.05) is 18.2 Å². The highest BCUT2D eigenvalue weighted by Gasteiger charge is 2.29. The van der Waals surface area contributed by atoms with E-state index in [0.717, 1.165) is 36.1 Å². The first kappa shape index (κ1) is 21.6. The lowest BCUT2D eigenvalue weighted by Crippen LogP contribution is -2.36. The van der Waals surface area contributed by atoms with E-state index in [1.54, 1.807) is 18.2 Å². The van der Waals surface area contributed by atoms with Crippen LogP contribution in [0.4, 0.5) is 10.5 Å². The van der Waals surface area contributed by atoms with Crippen molar-refractivity contribution in [2.75, 3.05) is 17.6 Å². The standard InChI is InChI=1S/C24H27N3O3S/c1-17-5-2-3-12-26(17)14-18-8-10-21(11-9-18)25-23(29)20-7-4-6-19(13-20)15-27-22(28)16-31-24(27)30/h4,6-11,13,17H,2-3,5,12,14-16H2,1H3,(H,25,29). The summed E-state index contributed by atoms with van der Waals surface area (Å²) >= 11 is 1.01. The van der Waals surface area contributed by atoms with E-state index in [0.29, 0.717) is 11.6 Å². The fourth-order valence-corrected chi connectivity index (χ4v) is 4.78. The van der Waals surface area contributed by atoms with Crippen LogP contribution < -0.4 is 5.32 Å². The van der Waals surface area contributed by atoms with Crippen LogP contribution in [0.2, 0.25) is 0 Å². The molecule has 2 aromatic rings. The van der Waals surface area contributed by atoms with E-state index in [1.165, 1.54) is 29.7 Å². The maximum absolute atomic E-state index is 12.7. The summed E-state index contributed by atoms with van der Waals surface area (Å²) in [5, 5.41) is 2.69. The number of thioether (sulfide) groups is 1.